The number of fused-ring (bicyclic) bond motifs is 3. The van der Waals surface area contributed by atoms with Gasteiger partial charge in [0, 0.05) is 44.2 Å². The van der Waals surface area contributed by atoms with Crippen LogP contribution in [0.25, 0.3) is 118 Å². The molecule has 12 heteroatoms. The van der Waals surface area contributed by atoms with Gasteiger partial charge in [0.25, 0.3) is 0 Å². The summed E-state index contributed by atoms with van der Waals surface area (Å²) in [5.74, 6) is 0.774. The van der Waals surface area contributed by atoms with Gasteiger partial charge in [0.1, 0.15) is 0 Å². The molecule has 0 bridgehead atoms. The number of halogens is 6. The lowest BCUT2D eigenvalue weighted by Gasteiger charge is -2.21. The molecule has 382 valence electrons. The summed E-state index contributed by atoms with van der Waals surface area (Å²) in [5.41, 5.74) is 8.43. The van der Waals surface area contributed by atoms with Gasteiger partial charge in [-0.1, -0.05) is 175 Å². The minimum absolute atomic E-state index is 0.0963. The minimum atomic E-state index is -5.09. The number of aromatic nitrogens is 5. The Morgan fingerprint density at radius 2 is 0.747 bits per heavy atom. The summed E-state index contributed by atoms with van der Waals surface area (Å²) in [5, 5.41) is 12.5. The first-order valence-electron chi connectivity index (χ1n) is 25.2. The van der Waals surface area contributed by atoms with Crippen molar-refractivity contribution < 1.29 is 26.3 Å². The molecule has 0 aliphatic rings. The Kier molecular flexibility index (Phi) is 12.5. The molecule has 12 rings (SSSR count). The van der Waals surface area contributed by atoms with Gasteiger partial charge < -0.3 is 4.57 Å². The van der Waals surface area contributed by atoms with Crippen LogP contribution in [0, 0.1) is 25.2 Å². The van der Waals surface area contributed by atoms with Gasteiger partial charge in [-0.05, 0) is 90.7 Å². The SMILES string of the molecule is Cc1cc(C)cc(-c2ccc3c4ccc(-c5cc(C(F)(F)F)cc(C(F)(F)F)c5)cc4n(-c4c(-c5cc(-c6ccccc6)nc(-c6ccccc6)n5)cc(C#N)cc4-c4cc(-c5ccccc5)nc(-c5ccccc5)n4)c3c2)c1. The summed E-state index contributed by atoms with van der Waals surface area (Å²) in [6, 6.07) is 66.6. The van der Waals surface area contributed by atoms with E-state index in [2.05, 4.69) is 24.3 Å². The second-order valence-electron chi connectivity index (χ2n) is 19.4. The highest BCUT2D eigenvalue weighted by Crippen LogP contribution is 2.46. The van der Waals surface area contributed by atoms with Crippen molar-refractivity contribution in [3.63, 3.8) is 0 Å². The van der Waals surface area contributed by atoms with Gasteiger partial charge in [0.2, 0.25) is 0 Å². The van der Waals surface area contributed by atoms with E-state index in [-0.39, 0.29) is 22.8 Å². The Labute approximate surface area is 450 Å². The number of rotatable bonds is 9. The molecule has 9 aromatic carbocycles. The van der Waals surface area contributed by atoms with Crippen molar-refractivity contribution in [2.24, 2.45) is 0 Å². The van der Waals surface area contributed by atoms with Crippen molar-refractivity contribution in [1.82, 2.24) is 24.5 Å². The van der Waals surface area contributed by atoms with Crippen LogP contribution in [0.3, 0.4) is 0 Å². The molecule has 79 heavy (non-hydrogen) atoms. The zero-order valence-corrected chi connectivity index (χ0v) is 42.2. The maximum Gasteiger partial charge on any atom is 0.416 e. The van der Waals surface area contributed by atoms with Crippen LogP contribution in [0.5, 0.6) is 0 Å². The van der Waals surface area contributed by atoms with E-state index < -0.39 is 23.5 Å². The predicted octanol–water partition coefficient (Wildman–Crippen LogP) is 18.2. The highest BCUT2D eigenvalue weighted by atomic mass is 19.4. The van der Waals surface area contributed by atoms with E-state index in [1.165, 1.54) is 0 Å². The van der Waals surface area contributed by atoms with E-state index in [4.69, 9.17) is 19.9 Å². The standard InChI is InChI=1S/C67H42F6N6/c1-40-27-41(2)29-49(28-40)47-23-25-53-54-26-24-48(50-32-51(66(68,69)70)36-52(33-50)67(71,72)73)35-62(54)79(61(53)34-47)63-55(59-37-57(43-15-7-3-8-16-43)75-64(77-59)45-19-11-5-12-20-45)30-42(39-74)31-56(63)60-38-58(44-17-9-4-10-18-44)76-65(78-60)46-21-13-6-14-22-46/h3-38H,1-2H3. The minimum Gasteiger partial charge on any atom is -0.308 e. The third kappa shape index (κ3) is 9.79. The van der Waals surface area contributed by atoms with Gasteiger partial charge in [-0.3, -0.25) is 0 Å². The van der Waals surface area contributed by atoms with Crippen molar-refractivity contribution in [3.8, 4) is 102 Å². The molecular weight excluding hydrogens is 1000 g/mol. The van der Waals surface area contributed by atoms with E-state index in [9.17, 15) is 31.6 Å². The van der Waals surface area contributed by atoms with Gasteiger partial charge in [0.15, 0.2) is 11.6 Å². The lowest BCUT2D eigenvalue weighted by Crippen LogP contribution is -2.11. The average molecular weight is 1050 g/mol. The summed E-state index contributed by atoms with van der Waals surface area (Å²) in [7, 11) is 0. The molecule has 0 N–H and O–H groups in total. The second kappa shape index (κ2) is 19.9. The number of hydrogen-bond acceptors (Lipinski definition) is 5. The van der Waals surface area contributed by atoms with E-state index >= 15 is 0 Å². The van der Waals surface area contributed by atoms with Crippen LogP contribution in [0.15, 0.2) is 218 Å². The van der Waals surface area contributed by atoms with Crippen molar-refractivity contribution >= 4 is 21.8 Å². The monoisotopic (exact) mass is 1040 g/mol. The van der Waals surface area contributed by atoms with Crippen molar-refractivity contribution in [1.29, 1.82) is 5.26 Å². The molecule has 3 aromatic heterocycles. The zero-order valence-electron chi connectivity index (χ0n) is 42.2. The lowest BCUT2D eigenvalue weighted by molar-refractivity contribution is -0.143. The summed E-state index contributed by atoms with van der Waals surface area (Å²) >= 11 is 0. The number of nitriles is 1. The summed E-state index contributed by atoms with van der Waals surface area (Å²) < 4.78 is 89.4. The first-order valence-corrected chi connectivity index (χ1v) is 25.2. The quantitative estimate of drug-likeness (QED) is 0.135. The van der Waals surface area contributed by atoms with Crippen LogP contribution in [0.2, 0.25) is 0 Å². The Morgan fingerprint density at radius 3 is 1.14 bits per heavy atom. The van der Waals surface area contributed by atoms with Gasteiger partial charge in [-0.2, -0.15) is 31.6 Å². The van der Waals surface area contributed by atoms with E-state index in [0.717, 1.165) is 62.0 Å². The largest absolute Gasteiger partial charge is 0.416 e. The smallest absolute Gasteiger partial charge is 0.308 e. The predicted molar refractivity (Wildman–Crippen MR) is 300 cm³/mol. The number of alkyl halides is 6. The van der Waals surface area contributed by atoms with Crippen molar-refractivity contribution in [2.75, 3.05) is 0 Å². The molecule has 0 unspecified atom stereocenters. The molecule has 0 radical (unpaired) electrons. The van der Waals surface area contributed by atoms with Gasteiger partial charge in [0.05, 0.1) is 62.3 Å². The Hall–Kier alpha value is -9.99. The van der Waals surface area contributed by atoms with Crippen molar-refractivity contribution in [2.45, 2.75) is 26.2 Å². The maximum absolute atomic E-state index is 14.6. The van der Waals surface area contributed by atoms with Crippen LogP contribution >= 0.6 is 0 Å². The van der Waals surface area contributed by atoms with Gasteiger partial charge >= 0.3 is 12.4 Å². The van der Waals surface area contributed by atoms with Gasteiger partial charge in [-0.15, -0.1) is 0 Å². The average Bonchev–Trinajstić information content (AvgIpc) is 4.07. The topological polar surface area (TPSA) is 80.3 Å². The van der Waals surface area contributed by atoms with E-state index in [1.54, 1.807) is 30.3 Å². The third-order valence-electron chi connectivity index (χ3n) is 13.9. The molecule has 0 atom stereocenters. The fourth-order valence-electron chi connectivity index (χ4n) is 10.3. The van der Waals surface area contributed by atoms with Crippen LogP contribution < -0.4 is 0 Å². The summed E-state index contributed by atoms with van der Waals surface area (Å²) in [6.45, 7) is 4.04. The summed E-state index contributed by atoms with van der Waals surface area (Å²) in [6.07, 6.45) is -10.2. The number of aryl methyl sites for hydroxylation is 2. The first kappa shape index (κ1) is 49.9. The van der Waals surface area contributed by atoms with Crippen LogP contribution in [-0.2, 0) is 12.4 Å². The second-order valence-corrected chi connectivity index (χ2v) is 19.4. The molecule has 0 aliphatic heterocycles. The van der Waals surface area contributed by atoms with Crippen LogP contribution in [-0.4, -0.2) is 24.5 Å². The molecule has 0 spiro atoms. The lowest BCUT2D eigenvalue weighted by atomic mass is 9.95. The summed E-state index contributed by atoms with van der Waals surface area (Å²) in [4.78, 5) is 20.8. The molecular formula is C67H42F6N6. The van der Waals surface area contributed by atoms with Gasteiger partial charge in [-0.25, -0.2) is 19.9 Å². The molecule has 6 nitrogen and oxygen atoms in total. The Morgan fingerprint density at radius 1 is 0.367 bits per heavy atom. The molecule has 0 fully saturated rings. The van der Waals surface area contributed by atoms with Crippen LogP contribution in [0.1, 0.15) is 27.8 Å². The first-order chi connectivity index (χ1) is 38.1. The van der Waals surface area contributed by atoms with E-state index in [0.29, 0.717) is 67.7 Å². The number of nitrogens with zero attached hydrogens (tertiary/aromatic N) is 6. The normalized spacial score (nSPS) is 11.8. The molecule has 12 aromatic rings. The highest BCUT2D eigenvalue weighted by molar-refractivity contribution is 6.12. The molecule has 0 aliphatic carbocycles. The number of hydrogen-bond donors (Lipinski definition) is 0. The fraction of sp³-hybridized carbons (Fsp3) is 0.0597. The fourth-order valence-corrected chi connectivity index (χ4v) is 10.3. The molecule has 0 saturated heterocycles. The Balaban J connectivity index is 1.27. The molecule has 3 heterocycles. The Bertz CT molecular complexity index is 4040. The van der Waals surface area contributed by atoms with Crippen molar-refractivity contribution in [3.05, 3.63) is 246 Å². The molecule has 0 amide bonds. The number of benzene rings is 9. The maximum atomic E-state index is 14.6. The van der Waals surface area contributed by atoms with Crippen LogP contribution in [0.4, 0.5) is 26.3 Å². The third-order valence-corrected chi connectivity index (χ3v) is 13.9. The zero-order chi connectivity index (χ0) is 54.6. The molecule has 0 saturated carbocycles. The van der Waals surface area contributed by atoms with E-state index in [1.807, 2.05) is 170 Å². The highest BCUT2D eigenvalue weighted by Gasteiger charge is 2.37.